The van der Waals surface area contributed by atoms with E-state index in [9.17, 15) is 9.59 Å². The van der Waals surface area contributed by atoms with Crippen molar-refractivity contribution in [3.8, 4) is 20.9 Å². The minimum absolute atomic E-state index is 0.0741. The maximum Gasteiger partial charge on any atom is 0.412 e. The molecule has 1 aliphatic heterocycles. The van der Waals surface area contributed by atoms with Crippen molar-refractivity contribution in [2.75, 3.05) is 18.9 Å². The minimum Gasteiger partial charge on any atom is -0.444 e. The molecule has 4 rings (SSSR count). The van der Waals surface area contributed by atoms with Crippen LogP contribution in [0.1, 0.15) is 36.7 Å². The van der Waals surface area contributed by atoms with Crippen molar-refractivity contribution in [3.63, 3.8) is 0 Å². The molecule has 3 heterocycles. The first-order valence-electron chi connectivity index (χ1n) is 10.1. The average molecular weight is 436 g/mol. The summed E-state index contributed by atoms with van der Waals surface area (Å²) in [5.41, 5.74) is 3.82. The zero-order valence-corrected chi connectivity index (χ0v) is 18.9. The number of rotatable bonds is 3. The molecule has 0 bridgehead atoms. The second-order valence-electron chi connectivity index (χ2n) is 8.60. The van der Waals surface area contributed by atoms with Crippen LogP contribution in [-0.2, 0) is 11.2 Å². The topological polar surface area (TPSA) is 71.5 Å². The molecule has 1 N–H and O–H groups in total. The number of nitrogens with one attached hydrogen (secondary N) is 1. The first-order valence-corrected chi connectivity index (χ1v) is 11.0. The number of likely N-dealkylation sites (N-methyl/N-ethyl adjacent to an activating group) is 1. The van der Waals surface area contributed by atoms with Crippen molar-refractivity contribution in [1.29, 1.82) is 0 Å². The average Bonchev–Trinajstić information content (AvgIpc) is 3.20. The summed E-state index contributed by atoms with van der Waals surface area (Å²) in [7, 11) is 1.84. The van der Waals surface area contributed by atoms with Gasteiger partial charge in [0.15, 0.2) is 0 Å². The predicted molar refractivity (Wildman–Crippen MR) is 124 cm³/mol. The standard InChI is InChI=1S/C24H25N3O3S/c1-24(2,3)30-23(29)26-18-11-17(13-25-14-18)21-8-7-20(31-21)16-6-5-15-9-10-27(4)22(28)19(15)12-16/h5-8,11-14H,9-10H2,1-4H3,(H,26,29). The fourth-order valence-electron chi connectivity index (χ4n) is 3.45. The lowest BCUT2D eigenvalue weighted by Gasteiger charge is -2.25. The van der Waals surface area contributed by atoms with Gasteiger partial charge in [-0.05, 0) is 62.6 Å². The fraction of sp³-hybridized carbons (Fsp3) is 0.292. The van der Waals surface area contributed by atoms with Gasteiger partial charge in [-0.15, -0.1) is 11.3 Å². The van der Waals surface area contributed by atoms with Crippen LogP contribution in [0.25, 0.3) is 20.9 Å². The molecule has 2 amide bonds. The summed E-state index contributed by atoms with van der Waals surface area (Å²) >= 11 is 1.62. The van der Waals surface area contributed by atoms with Gasteiger partial charge in [-0.2, -0.15) is 0 Å². The van der Waals surface area contributed by atoms with Gasteiger partial charge >= 0.3 is 6.09 Å². The molecule has 0 fully saturated rings. The lowest BCUT2D eigenvalue weighted by Crippen LogP contribution is -2.34. The summed E-state index contributed by atoms with van der Waals surface area (Å²) in [5.74, 6) is 0.0741. The van der Waals surface area contributed by atoms with Gasteiger partial charge in [0, 0.05) is 40.7 Å². The highest BCUT2D eigenvalue weighted by Crippen LogP contribution is 2.36. The van der Waals surface area contributed by atoms with Crippen molar-refractivity contribution in [2.45, 2.75) is 32.8 Å². The number of fused-ring (bicyclic) bond motifs is 1. The highest BCUT2D eigenvalue weighted by Gasteiger charge is 2.22. The van der Waals surface area contributed by atoms with Crippen LogP contribution in [0.15, 0.2) is 48.8 Å². The van der Waals surface area contributed by atoms with Crippen LogP contribution in [0, 0.1) is 0 Å². The monoisotopic (exact) mass is 435 g/mol. The Morgan fingerprint density at radius 3 is 2.58 bits per heavy atom. The predicted octanol–water partition coefficient (Wildman–Crippen LogP) is 5.45. The Kier molecular flexibility index (Phi) is 5.54. The molecule has 0 spiro atoms. The van der Waals surface area contributed by atoms with Gasteiger partial charge in [-0.1, -0.05) is 12.1 Å². The number of benzene rings is 1. The van der Waals surface area contributed by atoms with Crippen LogP contribution in [0.2, 0.25) is 0 Å². The summed E-state index contributed by atoms with van der Waals surface area (Å²) in [4.78, 5) is 32.7. The molecular weight excluding hydrogens is 410 g/mol. The molecule has 6 nitrogen and oxygen atoms in total. The number of amides is 2. The van der Waals surface area contributed by atoms with Gasteiger partial charge in [-0.3, -0.25) is 15.1 Å². The Hall–Kier alpha value is -3.19. The molecule has 3 aromatic rings. The molecule has 0 atom stereocenters. The minimum atomic E-state index is -0.567. The Bertz CT molecular complexity index is 1150. The molecule has 0 unspecified atom stereocenters. The summed E-state index contributed by atoms with van der Waals surface area (Å²) in [6.45, 7) is 6.22. The summed E-state index contributed by atoms with van der Waals surface area (Å²) in [5, 5.41) is 2.73. The third kappa shape index (κ3) is 4.77. The van der Waals surface area contributed by atoms with Gasteiger partial charge in [0.05, 0.1) is 11.9 Å². The quantitative estimate of drug-likeness (QED) is 0.594. The van der Waals surface area contributed by atoms with Crippen LogP contribution in [0.5, 0.6) is 0 Å². The fourth-order valence-corrected chi connectivity index (χ4v) is 4.44. The Balaban J connectivity index is 1.56. The van der Waals surface area contributed by atoms with Crippen molar-refractivity contribution >= 4 is 29.0 Å². The number of ether oxygens (including phenoxy) is 1. The van der Waals surface area contributed by atoms with E-state index < -0.39 is 11.7 Å². The van der Waals surface area contributed by atoms with Gasteiger partial charge < -0.3 is 9.64 Å². The van der Waals surface area contributed by atoms with E-state index in [0.29, 0.717) is 5.69 Å². The second-order valence-corrected chi connectivity index (χ2v) is 9.69. The molecule has 0 saturated heterocycles. The molecule has 0 radical (unpaired) electrons. The normalized spacial score (nSPS) is 13.7. The number of hydrogen-bond acceptors (Lipinski definition) is 5. The first kappa shape index (κ1) is 21.1. The number of anilines is 1. The lowest BCUT2D eigenvalue weighted by atomic mass is 9.96. The Labute approximate surface area is 185 Å². The third-order valence-corrected chi connectivity index (χ3v) is 6.15. The zero-order chi connectivity index (χ0) is 22.2. The van der Waals surface area contributed by atoms with E-state index in [2.05, 4.69) is 22.4 Å². The van der Waals surface area contributed by atoms with Gasteiger partial charge in [0.25, 0.3) is 5.91 Å². The van der Waals surface area contributed by atoms with E-state index in [-0.39, 0.29) is 5.91 Å². The smallest absolute Gasteiger partial charge is 0.412 e. The van der Waals surface area contributed by atoms with Crippen molar-refractivity contribution < 1.29 is 14.3 Å². The molecular formula is C24H25N3O3S. The van der Waals surface area contributed by atoms with E-state index in [1.165, 1.54) is 0 Å². The molecule has 31 heavy (non-hydrogen) atoms. The maximum absolute atomic E-state index is 12.5. The number of aromatic nitrogens is 1. The number of carbonyl (C=O) groups excluding carboxylic acids is 2. The van der Waals surface area contributed by atoms with Crippen LogP contribution < -0.4 is 5.32 Å². The van der Waals surface area contributed by atoms with Crippen LogP contribution >= 0.6 is 11.3 Å². The van der Waals surface area contributed by atoms with Crippen molar-refractivity contribution in [2.24, 2.45) is 0 Å². The van der Waals surface area contributed by atoms with E-state index in [1.807, 2.05) is 52.1 Å². The molecule has 1 aliphatic rings. The van der Waals surface area contributed by atoms with Crippen LogP contribution in [-0.4, -0.2) is 41.1 Å². The molecule has 0 aliphatic carbocycles. The highest BCUT2D eigenvalue weighted by molar-refractivity contribution is 7.18. The van der Waals surface area contributed by atoms with E-state index in [0.717, 1.165) is 45.0 Å². The zero-order valence-electron chi connectivity index (χ0n) is 18.1. The summed E-state index contributed by atoms with van der Waals surface area (Å²) in [6.07, 6.45) is 3.73. The van der Waals surface area contributed by atoms with Crippen LogP contribution in [0.3, 0.4) is 0 Å². The number of pyridine rings is 1. The SMILES string of the molecule is CN1CCc2ccc(-c3ccc(-c4cncc(NC(=O)OC(C)(C)C)c4)s3)cc2C1=O. The largest absolute Gasteiger partial charge is 0.444 e. The van der Waals surface area contributed by atoms with Crippen molar-refractivity contribution in [3.05, 3.63) is 59.9 Å². The third-order valence-electron chi connectivity index (χ3n) is 4.96. The number of hydrogen-bond donors (Lipinski definition) is 1. The Morgan fingerprint density at radius 1 is 1.10 bits per heavy atom. The molecule has 0 saturated carbocycles. The van der Waals surface area contributed by atoms with E-state index >= 15 is 0 Å². The highest BCUT2D eigenvalue weighted by atomic mass is 32.1. The molecule has 2 aromatic heterocycles. The lowest BCUT2D eigenvalue weighted by molar-refractivity contribution is 0.0635. The summed E-state index contributed by atoms with van der Waals surface area (Å²) in [6, 6.07) is 12.1. The molecule has 1 aromatic carbocycles. The van der Waals surface area contributed by atoms with Crippen molar-refractivity contribution in [1.82, 2.24) is 9.88 Å². The number of carbonyl (C=O) groups is 2. The molecule has 160 valence electrons. The summed E-state index contributed by atoms with van der Waals surface area (Å²) < 4.78 is 5.30. The van der Waals surface area contributed by atoms with Gasteiger partial charge in [0.2, 0.25) is 0 Å². The van der Waals surface area contributed by atoms with Crippen LogP contribution in [0.4, 0.5) is 10.5 Å². The Morgan fingerprint density at radius 2 is 1.84 bits per heavy atom. The first-order chi connectivity index (χ1) is 14.7. The van der Waals surface area contributed by atoms with E-state index in [4.69, 9.17) is 4.74 Å². The van der Waals surface area contributed by atoms with E-state index in [1.54, 1.807) is 28.6 Å². The second kappa shape index (κ2) is 8.15. The van der Waals surface area contributed by atoms with Gasteiger partial charge in [-0.25, -0.2) is 4.79 Å². The number of thiophene rings is 1. The molecule has 7 heteroatoms. The number of nitrogens with zero attached hydrogens (tertiary/aromatic N) is 2. The van der Waals surface area contributed by atoms with Gasteiger partial charge in [0.1, 0.15) is 5.60 Å². The maximum atomic E-state index is 12.5.